The first-order chi connectivity index (χ1) is 16.7. The molecule has 0 radical (unpaired) electrons. The summed E-state index contributed by atoms with van der Waals surface area (Å²) in [5, 5.41) is 2.79. The van der Waals surface area contributed by atoms with Crippen molar-refractivity contribution in [3.05, 3.63) is 77.9 Å². The summed E-state index contributed by atoms with van der Waals surface area (Å²) in [4.78, 5) is 29.6. The Morgan fingerprint density at radius 3 is 2.46 bits per heavy atom. The standard InChI is InChI=1S/C26H27N3O4S2/c1-4-15-29-22-14-11-19(16-24(22)34-23-8-6-5-7-21(23)26(29)31)27-25(30)18(3)28-35(32,33)20-12-9-17(2)10-13-20/h5-14,16,18,28H,4,15H2,1-3H3,(H,27,30)/t18-/m0/s1. The molecule has 2 N–H and O–H groups in total. The first kappa shape index (κ1) is 25.0. The van der Waals surface area contributed by atoms with E-state index in [4.69, 9.17) is 0 Å². The van der Waals surface area contributed by atoms with Crippen LogP contribution in [0.2, 0.25) is 0 Å². The van der Waals surface area contributed by atoms with Crippen LogP contribution in [0.3, 0.4) is 0 Å². The molecule has 1 aliphatic rings. The fourth-order valence-corrected chi connectivity index (χ4v) is 6.09. The second-order valence-electron chi connectivity index (χ2n) is 8.38. The molecule has 1 heterocycles. The topological polar surface area (TPSA) is 95.6 Å². The van der Waals surface area contributed by atoms with Crippen LogP contribution in [0.25, 0.3) is 0 Å². The fraction of sp³-hybridized carbons (Fsp3) is 0.231. The van der Waals surface area contributed by atoms with Crippen molar-refractivity contribution < 1.29 is 18.0 Å². The molecule has 7 nitrogen and oxygen atoms in total. The van der Waals surface area contributed by atoms with Gasteiger partial charge in [0.2, 0.25) is 15.9 Å². The molecule has 0 saturated heterocycles. The van der Waals surface area contributed by atoms with E-state index in [0.717, 1.165) is 27.5 Å². The normalized spacial score (nSPS) is 14.0. The molecule has 3 aromatic carbocycles. The van der Waals surface area contributed by atoms with E-state index in [1.165, 1.54) is 30.8 Å². The molecule has 1 atom stereocenters. The van der Waals surface area contributed by atoms with Crippen LogP contribution in [0.4, 0.5) is 11.4 Å². The number of rotatable bonds is 7. The van der Waals surface area contributed by atoms with Crippen molar-refractivity contribution in [2.24, 2.45) is 0 Å². The summed E-state index contributed by atoms with van der Waals surface area (Å²) in [7, 11) is -3.85. The maximum absolute atomic E-state index is 13.2. The lowest BCUT2D eigenvalue weighted by Crippen LogP contribution is -2.41. The van der Waals surface area contributed by atoms with E-state index >= 15 is 0 Å². The average Bonchev–Trinajstić information content (AvgIpc) is 2.93. The number of aryl methyl sites for hydroxylation is 1. The first-order valence-corrected chi connectivity index (χ1v) is 13.6. The highest BCUT2D eigenvalue weighted by Gasteiger charge is 2.27. The van der Waals surface area contributed by atoms with Crippen LogP contribution in [-0.4, -0.2) is 32.8 Å². The van der Waals surface area contributed by atoms with Crippen LogP contribution < -0.4 is 14.9 Å². The highest BCUT2D eigenvalue weighted by atomic mass is 32.2. The second-order valence-corrected chi connectivity index (χ2v) is 11.2. The minimum atomic E-state index is -3.85. The van der Waals surface area contributed by atoms with Crippen molar-refractivity contribution in [2.45, 2.75) is 47.9 Å². The lowest BCUT2D eigenvalue weighted by molar-refractivity contribution is -0.117. The first-order valence-electron chi connectivity index (χ1n) is 11.3. The zero-order chi connectivity index (χ0) is 25.2. The Balaban J connectivity index is 1.55. The van der Waals surface area contributed by atoms with Gasteiger partial charge in [0, 0.05) is 22.0 Å². The van der Waals surface area contributed by atoms with Gasteiger partial charge in [0.1, 0.15) is 0 Å². The fourth-order valence-electron chi connectivity index (χ4n) is 3.77. The summed E-state index contributed by atoms with van der Waals surface area (Å²) >= 11 is 1.47. The number of carbonyl (C=O) groups is 2. The highest BCUT2D eigenvalue weighted by Crippen LogP contribution is 2.42. The molecule has 0 aromatic heterocycles. The molecule has 0 unspecified atom stereocenters. The summed E-state index contributed by atoms with van der Waals surface area (Å²) in [6.45, 7) is 5.96. The van der Waals surface area contributed by atoms with Gasteiger partial charge in [-0.3, -0.25) is 9.59 Å². The summed E-state index contributed by atoms with van der Waals surface area (Å²) < 4.78 is 27.7. The lowest BCUT2D eigenvalue weighted by atomic mass is 10.1. The molecule has 9 heteroatoms. The van der Waals surface area contributed by atoms with Gasteiger partial charge < -0.3 is 10.2 Å². The molecule has 0 bridgehead atoms. The number of amides is 2. The van der Waals surface area contributed by atoms with Gasteiger partial charge in [-0.2, -0.15) is 4.72 Å². The van der Waals surface area contributed by atoms with Crippen LogP contribution in [0.15, 0.2) is 81.4 Å². The molecule has 35 heavy (non-hydrogen) atoms. The van der Waals surface area contributed by atoms with E-state index in [1.807, 2.05) is 50.2 Å². The predicted molar refractivity (Wildman–Crippen MR) is 139 cm³/mol. The van der Waals surface area contributed by atoms with Crippen LogP contribution >= 0.6 is 11.8 Å². The third kappa shape index (κ3) is 5.42. The molecule has 4 rings (SSSR count). The van der Waals surface area contributed by atoms with Gasteiger partial charge in [-0.15, -0.1) is 0 Å². The molecular formula is C26H27N3O4S2. The average molecular weight is 510 g/mol. The number of anilines is 2. The number of sulfonamides is 1. The van der Waals surface area contributed by atoms with E-state index in [0.29, 0.717) is 17.8 Å². The predicted octanol–water partition coefficient (Wildman–Crippen LogP) is 4.82. The van der Waals surface area contributed by atoms with Gasteiger partial charge in [0.15, 0.2) is 0 Å². The number of hydrogen-bond acceptors (Lipinski definition) is 5. The summed E-state index contributed by atoms with van der Waals surface area (Å²) in [6.07, 6.45) is 0.801. The Morgan fingerprint density at radius 1 is 1.03 bits per heavy atom. The van der Waals surface area contributed by atoms with Crippen LogP contribution in [-0.2, 0) is 14.8 Å². The number of fused-ring (bicyclic) bond motifs is 2. The zero-order valence-corrected chi connectivity index (χ0v) is 21.4. The molecule has 1 aliphatic heterocycles. The van der Waals surface area contributed by atoms with Crippen LogP contribution in [0.5, 0.6) is 0 Å². The van der Waals surface area contributed by atoms with E-state index in [2.05, 4.69) is 10.0 Å². The number of carbonyl (C=O) groups excluding carboxylic acids is 2. The molecule has 182 valence electrons. The van der Waals surface area contributed by atoms with Gasteiger partial charge in [0.05, 0.1) is 22.2 Å². The molecule has 3 aromatic rings. The van der Waals surface area contributed by atoms with Crippen molar-refractivity contribution in [1.82, 2.24) is 4.72 Å². The quantitative estimate of drug-likeness (QED) is 0.476. The lowest BCUT2D eigenvalue weighted by Gasteiger charge is -2.23. The van der Waals surface area contributed by atoms with E-state index in [9.17, 15) is 18.0 Å². The zero-order valence-electron chi connectivity index (χ0n) is 19.7. The SMILES string of the molecule is CCCN1C(=O)c2ccccc2Sc2cc(NC(=O)[C@H](C)NS(=O)(=O)c3ccc(C)cc3)ccc21. The van der Waals surface area contributed by atoms with Crippen LogP contribution in [0, 0.1) is 6.92 Å². The Hall–Kier alpha value is -3.14. The summed E-state index contributed by atoms with van der Waals surface area (Å²) in [5.41, 5.74) is 2.89. The molecule has 0 spiro atoms. The minimum absolute atomic E-state index is 0.0513. The van der Waals surface area contributed by atoms with Gasteiger partial charge in [0.25, 0.3) is 5.91 Å². The number of benzene rings is 3. The molecule has 2 amide bonds. The third-order valence-electron chi connectivity index (χ3n) is 5.60. The van der Waals surface area contributed by atoms with Crippen LogP contribution in [0.1, 0.15) is 36.2 Å². The van der Waals surface area contributed by atoms with Gasteiger partial charge in [-0.05, 0) is 62.7 Å². The molecule has 0 fully saturated rings. The Bertz CT molecular complexity index is 1370. The Morgan fingerprint density at radius 2 is 1.74 bits per heavy atom. The van der Waals surface area contributed by atoms with Crippen molar-refractivity contribution >= 4 is 45.0 Å². The molecule has 0 aliphatic carbocycles. The van der Waals surface area contributed by atoms with E-state index in [-0.39, 0.29) is 10.8 Å². The Labute approximate surface area is 210 Å². The van der Waals surface area contributed by atoms with Crippen molar-refractivity contribution in [3.63, 3.8) is 0 Å². The van der Waals surface area contributed by atoms with E-state index < -0.39 is 22.0 Å². The van der Waals surface area contributed by atoms with Crippen molar-refractivity contribution in [2.75, 3.05) is 16.8 Å². The number of nitrogens with one attached hydrogen (secondary N) is 2. The largest absolute Gasteiger partial charge is 0.325 e. The van der Waals surface area contributed by atoms with Crippen molar-refractivity contribution in [1.29, 1.82) is 0 Å². The number of hydrogen-bond donors (Lipinski definition) is 2. The monoisotopic (exact) mass is 509 g/mol. The van der Waals surface area contributed by atoms with Gasteiger partial charge >= 0.3 is 0 Å². The Kier molecular flexibility index (Phi) is 7.30. The van der Waals surface area contributed by atoms with Crippen molar-refractivity contribution in [3.8, 4) is 0 Å². The third-order valence-corrected chi connectivity index (χ3v) is 8.28. The van der Waals surface area contributed by atoms with Gasteiger partial charge in [-0.1, -0.05) is 48.5 Å². The minimum Gasteiger partial charge on any atom is -0.325 e. The summed E-state index contributed by atoms with van der Waals surface area (Å²) in [5.74, 6) is -0.536. The summed E-state index contributed by atoms with van der Waals surface area (Å²) in [6, 6.07) is 18.3. The maximum Gasteiger partial charge on any atom is 0.259 e. The molecular weight excluding hydrogens is 482 g/mol. The smallest absolute Gasteiger partial charge is 0.259 e. The molecule has 0 saturated carbocycles. The maximum atomic E-state index is 13.2. The van der Waals surface area contributed by atoms with E-state index in [1.54, 1.807) is 23.1 Å². The second kappa shape index (κ2) is 10.2. The van der Waals surface area contributed by atoms with Gasteiger partial charge in [-0.25, -0.2) is 8.42 Å². The highest BCUT2D eigenvalue weighted by molar-refractivity contribution is 7.99. The number of nitrogens with zero attached hydrogens (tertiary/aromatic N) is 1.